The molecule has 0 aliphatic heterocycles. The van der Waals surface area contributed by atoms with Crippen molar-refractivity contribution in [2.75, 3.05) is 20.6 Å². The van der Waals surface area contributed by atoms with Crippen LogP contribution in [0.5, 0.6) is 0 Å². The third kappa shape index (κ3) is 4.77. The molecular weight excluding hydrogens is 262 g/mol. The zero-order valence-electron chi connectivity index (χ0n) is 11.8. The zero-order chi connectivity index (χ0) is 15.3. The van der Waals surface area contributed by atoms with Crippen molar-refractivity contribution in [3.8, 4) is 0 Å². The first kappa shape index (κ1) is 16.4. The van der Waals surface area contributed by atoms with E-state index in [9.17, 15) is 14.4 Å². The molecule has 112 valence electrons. The molecule has 2 N–H and O–H groups in total. The summed E-state index contributed by atoms with van der Waals surface area (Å²) < 4.78 is 0. The molecule has 3 unspecified atom stereocenters. The van der Waals surface area contributed by atoms with E-state index in [0.717, 1.165) is 12.5 Å². The summed E-state index contributed by atoms with van der Waals surface area (Å²) in [6.07, 6.45) is 4.78. The Balaban J connectivity index is 0.000000221. The molecule has 2 aliphatic rings. The van der Waals surface area contributed by atoms with Crippen LogP contribution in [-0.4, -0.2) is 53.5 Å². The highest BCUT2D eigenvalue weighted by Crippen LogP contribution is 2.45. The van der Waals surface area contributed by atoms with E-state index in [2.05, 4.69) is 19.0 Å². The molecule has 6 nitrogen and oxygen atoms in total. The highest BCUT2D eigenvalue weighted by molar-refractivity contribution is 5.89. The van der Waals surface area contributed by atoms with E-state index in [0.29, 0.717) is 29.8 Å². The van der Waals surface area contributed by atoms with Crippen LogP contribution in [0.3, 0.4) is 0 Å². The van der Waals surface area contributed by atoms with Gasteiger partial charge in [-0.25, -0.2) is 9.59 Å². The maximum atomic E-state index is 11.7. The Morgan fingerprint density at radius 1 is 1.20 bits per heavy atom. The molecule has 0 spiro atoms. The van der Waals surface area contributed by atoms with E-state index < -0.39 is 11.9 Å². The molecule has 2 bridgehead atoms. The van der Waals surface area contributed by atoms with Gasteiger partial charge in [-0.15, -0.1) is 0 Å². The summed E-state index contributed by atoms with van der Waals surface area (Å²) in [6, 6.07) is 0. The first-order chi connectivity index (χ1) is 9.31. The van der Waals surface area contributed by atoms with Gasteiger partial charge in [-0.1, -0.05) is 0 Å². The molecule has 0 radical (unpaired) electrons. The van der Waals surface area contributed by atoms with Crippen molar-refractivity contribution in [3.05, 3.63) is 12.2 Å². The third-order valence-corrected chi connectivity index (χ3v) is 3.74. The van der Waals surface area contributed by atoms with Crippen molar-refractivity contribution in [1.29, 1.82) is 0 Å². The Hall–Kier alpha value is -1.69. The number of Topliss-reactive ketones (excluding diaryl/α,β-unsaturated/α-hetero) is 1. The Morgan fingerprint density at radius 2 is 1.75 bits per heavy atom. The van der Waals surface area contributed by atoms with Gasteiger partial charge in [-0.05, 0) is 39.3 Å². The van der Waals surface area contributed by atoms with Gasteiger partial charge in [0.15, 0.2) is 0 Å². The summed E-state index contributed by atoms with van der Waals surface area (Å²) in [5, 5.41) is 15.6. The molecule has 3 atom stereocenters. The molecular formula is C14H21NO5. The summed E-state index contributed by atoms with van der Waals surface area (Å²) in [5.41, 5.74) is 0. The van der Waals surface area contributed by atoms with Crippen molar-refractivity contribution >= 4 is 17.7 Å². The second kappa shape index (κ2) is 7.19. The van der Waals surface area contributed by atoms with Crippen LogP contribution in [0.15, 0.2) is 12.2 Å². The Morgan fingerprint density at radius 3 is 2.10 bits per heavy atom. The first-order valence-corrected chi connectivity index (χ1v) is 6.63. The van der Waals surface area contributed by atoms with Gasteiger partial charge < -0.3 is 15.1 Å². The number of rotatable bonds is 4. The minimum Gasteiger partial charge on any atom is -0.478 e. The highest BCUT2D eigenvalue weighted by Gasteiger charge is 2.46. The van der Waals surface area contributed by atoms with Crippen molar-refractivity contribution < 1.29 is 24.6 Å². The van der Waals surface area contributed by atoms with Crippen LogP contribution in [0.25, 0.3) is 0 Å². The van der Waals surface area contributed by atoms with E-state index in [1.165, 1.54) is 19.3 Å². The molecule has 20 heavy (non-hydrogen) atoms. The van der Waals surface area contributed by atoms with E-state index in [1.54, 1.807) is 0 Å². The number of ketones is 1. The number of hydrogen-bond donors (Lipinski definition) is 2. The van der Waals surface area contributed by atoms with E-state index in [4.69, 9.17) is 10.2 Å². The second-order valence-corrected chi connectivity index (χ2v) is 5.55. The van der Waals surface area contributed by atoms with E-state index >= 15 is 0 Å². The van der Waals surface area contributed by atoms with E-state index in [-0.39, 0.29) is 0 Å². The van der Waals surface area contributed by atoms with Crippen LogP contribution in [-0.2, 0) is 14.4 Å². The quantitative estimate of drug-likeness (QED) is 0.744. The number of aliphatic carboxylic acids is 2. The van der Waals surface area contributed by atoms with Gasteiger partial charge >= 0.3 is 11.9 Å². The van der Waals surface area contributed by atoms with Gasteiger partial charge in [-0.3, -0.25) is 4.79 Å². The van der Waals surface area contributed by atoms with Crippen molar-refractivity contribution in [2.24, 2.45) is 17.8 Å². The summed E-state index contributed by atoms with van der Waals surface area (Å²) in [5.74, 6) is -0.414. The Kier molecular flexibility index (Phi) is 5.88. The summed E-state index contributed by atoms with van der Waals surface area (Å²) >= 11 is 0. The highest BCUT2D eigenvalue weighted by atomic mass is 16.4. The van der Waals surface area contributed by atoms with Crippen LogP contribution in [0.1, 0.15) is 19.3 Å². The van der Waals surface area contributed by atoms with Gasteiger partial charge in [0.05, 0.1) is 0 Å². The van der Waals surface area contributed by atoms with Crippen molar-refractivity contribution in [3.63, 3.8) is 0 Å². The normalized spacial score (nSPS) is 27.8. The molecule has 2 aliphatic carbocycles. The number of carbonyl (C=O) groups excluding carboxylic acids is 1. The smallest absolute Gasteiger partial charge is 0.328 e. The van der Waals surface area contributed by atoms with Crippen molar-refractivity contribution in [2.45, 2.75) is 19.3 Å². The molecule has 2 saturated carbocycles. The van der Waals surface area contributed by atoms with Crippen LogP contribution in [0, 0.1) is 17.8 Å². The number of hydrogen-bond acceptors (Lipinski definition) is 4. The lowest BCUT2D eigenvalue weighted by molar-refractivity contribution is -0.134. The molecule has 6 heteroatoms. The maximum Gasteiger partial charge on any atom is 0.328 e. The predicted octanol–water partition coefficient (Wildman–Crippen LogP) is 0.875. The number of carbonyl (C=O) groups is 3. The molecule has 0 heterocycles. The molecule has 0 aromatic rings. The monoisotopic (exact) mass is 283 g/mol. The zero-order valence-corrected chi connectivity index (χ0v) is 11.8. The molecule has 0 aromatic carbocycles. The summed E-state index contributed by atoms with van der Waals surface area (Å²) in [7, 11) is 4.11. The second-order valence-electron chi connectivity index (χ2n) is 5.55. The van der Waals surface area contributed by atoms with Gasteiger partial charge in [-0.2, -0.15) is 0 Å². The standard InChI is InChI=1S/C10H17NO.C4H4O4/c1-11(2)6-9-7-3-4-8(5-7)10(9)12;5-3(6)1-2-4(7)8/h7-9H,3-6H2,1-2H3;1-2H,(H,5,6)(H,7,8)/b;2-1-. The predicted molar refractivity (Wildman–Crippen MR) is 72.3 cm³/mol. The molecule has 0 aromatic heterocycles. The van der Waals surface area contributed by atoms with Crippen LogP contribution in [0.2, 0.25) is 0 Å². The van der Waals surface area contributed by atoms with Gasteiger partial charge in [0.1, 0.15) is 5.78 Å². The summed E-state index contributed by atoms with van der Waals surface area (Å²) in [4.78, 5) is 32.9. The fourth-order valence-electron chi connectivity index (χ4n) is 2.95. The number of carboxylic acids is 2. The van der Waals surface area contributed by atoms with Gasteiger partial charge in [0.2, 0.25) is 0 Å². The molecule has 0 saturated heterocycles. The van der Waals surface area contributed by atoms with Crippen LogP contribution < -0.4 is 0 Å². The van der Waals surface area contributed by atoms with Crippen LogP contribution in [0.4, 0.5) is 0 Å². The maximum absolute atomic E-state index is 11.7. The summed E-state index contributed by atoms with van der Waals surface area (Å²) in [6.45, 7) is 0.972. The number of fused-ring (bicyclic) bond motifs is 2. The first-order valence-electron chi connectivity index (χ1n) is 6.63. The molecule has 2 fully saturated rings. The minimum atomic E-state index is -1.26. The van der Waals surface area contributed by atoms with E-state index in [1.807, 2.05) is 0 Å². The van der Waals surface area contributed by atoms with Crippen LogP contribution >= 0.6 is 0 Å². The lowest BCUT2D eigenvalue weighted by Gasteiger charge is -2.23. The third-order valence-electron chi connectivity index (χ3n) is 3.74. The Bertz CT molecular complexity index is 400. The fourth-order valence-corrected chi connectivity index (χ4v) is 2.95. The number of nitrogens with zero attached hydrogens (tertiary/aromatic N) is 1. The SMILES string of the molecule is CN(C)CC1C(=O)C2CCC1C2.O=C(O)/C=C\C(=O)O. The lowest BCUT2D eigenvalue weighted by Crippen LogP contribution is -2.31. The fraction of sp³-hybridized carbons (Fsp3) is 0.643. The average Bonchev–Trinajstić information content (AvgIpc) is 2.91. The Labute approximate surface area is 118 Å². The van der Waals surface area contributed by atoms with Gasteiger partial charge in [0.25, 0.3) is 0 Å². The molecule has 2 rings (SSSR count). The largest absolute Gasteiger partial charge is 0.478 e. The number of carboxylic acid groups (broad SMARTS) is 2. The minimum absolute atomic E-state index is 0.374. The van der Waals surface area contributed by atoms with Gasteiger partial charge in [0, 0.05) is 30.5 Å². The average molecular weight is 283 g/mol. The topological polar surface area (TPSA) is 94.9 Å². The van der Waals surface area contributed by atoms with Crippen molar-refractivity contribution in [1.82, 2.24) is 4.90 Å². The molecule has 0 amide bonds. The lowest BCUT2D eigenvalue weighted by atomic mass is 9.87.